The van der Waals surface area contributed by atoms with Gasteiger partial charge in [-0.25, -0.2) is 4.79 Å². The Morgan fingerprint density at radius 3 is 2.67 bits per heavy atom. The van der Waals surface area contributed by atoms with Crippen LogP contribution in [0.1, 0.15) is 41.6 Å². The van der Waals surface area contributed by atoms with Crippen molar-refractivity contribution in [1.29, 1.82) is 0 Å². The number of furan rings is 1. The van der Waals surface area contributed by atoms with E-state index >= 15 is 0 Å². The molecule has 1 aromatic rings. The van der Waals surface area contributed by atoms with Gasteiger partial charge in [-0.15, -0.1) is 0 Å². The number of carbonyl (C=O) groups is 1. The van der Waals surface area contributed by atoms with E-state index in [0.717, 1.165) is 12.8 Å². The molecule has 0 spiro atoms. The van der Waals surface area contributed by atoms with Gasteiger partial charge in [0.05, 0.1) is 6.54 Å². The van der Waals surface area contributed by atoms with Gasteiger partial charge in [0.2, 0.25) is 0 Å². The molecule has 1 aromatic heterocycles. The van der Waals surface area contributed by atoms with Gasteiger partial charge in [-0.2, -0.15) is 17.4 Å². The summed E-state index contributed by atoms with van der Waals surface area (Å²) < 4.78 is 33.3. The molecule has 1 atom stereocenters. The van der Waals surface area contributed by atoms with Gasteiger partial charge < -0.3 is 9.52 Å². The fraction of sp³-hybridized carbons (Fsp3) is 0.615. The Balaban J connectivity index is 2.01. The van der Waals surface area contributed by atoms with Gasteiger partial charge in [0.25, 0.3) is 10.2 Å². The second-order valence-electron chi connectivity index (χ2n) is 5.41. The molecule has 1 aliphatic carbocycles. The Hall–Kier alpha value is -1.38. The van der Waals surface area contributed by atoms with E-state index in [0.29, 0.717) is 5.92 Å². The minimum absolute atomic E-state index is 0.0453. The maximum atomic E-state index is 12.2. The number of rotatable bonds is 7. The van der Waals surface area contributed by atoms with E-state index < -0.39 is 16.2 Å². The van der Waals surface area contributed by atoms with Crippen LogP contribution in [0.2, 0.25) is 0 Å². The van der Waals surface area contributed by atoms with Crippen LogP contribution >= 0.6 is 0 Å². The summed E-state index contributed by atoms with van der Waals surface area (Å²) in [6.07, 6.45) is 2.11. The largest absolute Gasteiger partial charge is 0.478 e. The molecule has 118 valence electrons. The van der Waals surface area contributed by atoms with Crippen molar-refractivity contribution in [3.05, 3.63) is 23.2 Å². The van der Waals surface area contributed by atoms with Crippen molar-refractivity contribution < 1.29 is 22.7 Å². The highest BCUT2D eigenvalue weighted by Gasteiger charge is 2.35. The van der Waals surface area contributed by atoms with Crippen LogP contribution in [-0.2, 0) is 16.8 Å². The lowest BCUT2D eigenvalue weighted by atomic mass is 10.2. The molecule has 2 rings (SSSR count). The Bertz CT molecular complexity index is 633. The van der Waals surface area contributed by atoms with Crippen LogP contribution in [0.4, 0.5) is 0 Å². The second kappa shape index (κ2) is 5.78. The molecule has 0 amide bonds. The molecule has 1 unspecified atom stereocenters. The first-order valence-electron chi connectivity index (χ1n) is 6.77. The molecule has 8 heteroatoms. The first kappa shape index (κ1) is 16.0. The average molecular weight is 316 g/mol. The number of aromatic carboxylic acids is 1. The predicted molar refractivity (Wildman–Crippen MR) is 76.1 cm³/mol. The molecule has 1 fully saturated rings. The standard InChI is InChI=1S/C13H20N2O5S/c1-8(10-4-5-10)15(3)21(18,19)14-7-11-6-12(13(16)17)9(2)20-11/h6,8,10,14H,4-5,7H2,1-3H3,(H,16,17). The van der Waals surface area contributed by atoms with Crippen molar-refractivity contribution in [2.45, 2.75) is 39.3 Å². The maximum Gasteiger partial charge on any atom is 0.339 e. The number of nitrogens with one attached hydrogen (secondary N) is 1. The predicted octanol–water partition coefficient (Wildman–Crippen LogP) is 1.35. The zero-order valence-corrected chi connectivity index (χ0v) is 13.1. The summed E-state index contributed by atoms with van der Waals surface area (Å²) in [5.41, 5.74) is 0.0453. The zero-order chi connectivity index (χ0) is 15.8. The third kappa shape index (κ3) is 3.63. The number of nitrogens with zero attached hydrogens (tertiary/aromatic N) is 1. The highest BCUT2D eigenvalue weighted by molar-refractivity contribution is 7.87. The van der Waals surface area contributed by atoms with Gasteiger partial charge in [-0.1, -0.05) is 0 Å². The van der Waals surface area contributed by atoms with E-state index in [9.17, 15) is 13.2 Å². The van der Waals surface area contributed by atoms with Crippen LogP contribution in [0.25, 0.3) is 0 Å². The highest BCUT2D eigenvalue weighted by Crippen LogP contribution is 2.35. The van der Waals surface area contributed by atoms with Crippen LogP contribution in [0.15, 0.2) is 10.5 Å². The summed E-state index contributed by atoms with van der Waals surface area (Å²) in [5, 5.41) is 8.93. The second-order valence-corrected chi connectivity index (χ2v) is 7.22. The SMILES string of the molecule is Cc1oc(CNS(=O)(=O)N(C)C(C)C2CC2)cc1C(=O)O. The minimum Gasteiger partial charge on any atom is -0.478 e. The minimum atomic E-state index is -3.61. The summed E-state index contributed by atoms with van der Waals surface area (Å²) >= 11 is 0. The van der Waals surface area contributed by atoms with Crippen molar-refractivity contribution in [1.82, 2.24) is 9.03 Å². The fourth-order valence-electron chi connectivity index (χ4n) is 2.20. The molecule has 1 heterocycles. The summed E-state index contributed by atoms with van der Waals surface area (Å²) in [6.45, 7) is 3.34. The molecule has 7 nitrogen and oxygen atoms in total. The molecule has 0 aliphatic heterocycles. The van der Waals surface area contributed by atoms with Crippen LogP contribution in [-0.4, -0.2) is 36.9 Å². The van der Waals surface area contributed by atoms with E-state index in [4.69, 9.17) is 9.52 Å². The third-order valence-corrected chi connectivity index (χ3v) is 5.48. The van der Waals surface area contributed by atoms with Gasteiger partial charge in [-0.05, 0) is 38.7 Å². The quantitative estimate of drug-likeness (QED) is 0.791. The van der Waals surface area contributed by atoms with E-state index in [2.05, 4.69) is 4.72 Å². The van der Waals surface area contributed by atoms with E-state index in [-0.39, 0.29) is 29.7 Å². The van der Waals surface area contributed by atoms with Crippen LogP contribution in [0.3, 0.4) is 0 Å². The van der Waals surface area contributed by atoms with Crippen molar-refractivity contribution >= 4 is 16.2 Å². The normalized spacial score (nSPS) is 17.1. The molecule has 1 saturated carbocycles. The van der Waals surface area contributed by atoms with Crippen molar-refractivity contribution in [2.75, 3.05) is 7.05 Å². The number of hydrogen-bond acceptors (Lipinski definition) is 4. The van der Waals surface area contributed by atoms with Crippen molar-refractivity contribution in [3.63, 3.8) is 0 Å². The van der Waals surface area contributed by atoms with E-state index in [1.807, 2.05) is 6.92 Å². The Morgan fingerprint density at radius 2 is 2.19 bits per heavy atom. The lowest BCUT2D eigenvalue weighted by molar-refractivity contribution is 0.0695. The third-order valence-electron chi connectivity index (χ3n) is 3.88. The molecule has 2 N–H and O–H groups in total. The van der Waals surface area contributed by atoms with Gasteiger partial charge in [-0.3, -0.25) is 0 Å². The van der Waals surface area contributed by atoms with Crippen LogP contribution in [0, 0.1) is 12.8 Å². The summed E-state index contributed by atoms with van der Waals surface area (Å²) in [7, 11) is -2.07. The first-order valence-corrected chi connectivity index (χ1v) is 8.21. The van der Waals surface area contributed by atoms with Gasteiger partial charge in [0, 0.05) is 13.1 Å². The Morgan fingerprint density at radius 1 is 1.57 bits per heavy atom. The van der Waals surface area contributed by atoms with Gasteiger partial charge in [0.1, 0.15) is 17.1 Å². The zero-order valence-electron chi connectivity index (χ0n) is 12.3. The topological polar surface area (TPSA) is 99.9 Å². The Labute approximate surface area is 124 Å². The number of aryl methyl sites for hydroxylation is 1. The number of carboxylic acids is 1. The molecule has 0 bridgehead atoms. The fourth-order valence-corrected chi connectivity index (χ4v) is 3.34. The molecule has 21 heavy (non-hydrogen) atoms. The van der Waals surface area contributed by atoms with Crippen LogP contribution in [0.5, 0.6) is 0 Å². The summed E-state index contributed by atoms with van der Waals surface area (Å²) in [6, 6.07) is 1.29. The van der Waals surface area contributed by atoms with E-state index in [1.54, 1.807) is 7.05 Å². The van der Waals surface area contributed by atoms with Gasteiger partial charge in [0.15, 0.2) is 0 Å². The lowest BCUT2D eigenvalue weighted by Gasteiger charge is -2.24. The van der Waals surface area contributed by atoms with Crippen molar-refractivity contribution in [3.8, 4) is 0 Å². The van der Waals surface area contributed by atoms with Gasteiger partial charge >= 0.3 is 5.97 Å². The number of carboxylic acid groups (broad SMARTS) is 1. The first-order chi connectivity index (χ1) is 9.72. The molecule has 0 saturated heterocycles. The number of hydrogen-bond donors (Lipinski definition) is 2. The lowest BCUT2D eigenvalue weighted by Crippen LogP contribution is -2.43. The Kier molecular flexibility index (Phi) is 4.40. The molecular formula is C13H20N2O5S. The summed E-state index contributed by atoms with van der Waals surface area (Å²) in [4.78, 5) is 10.9. The van der Waals surface area contributed by atoms with Crippen LogP contribution < -0.4 is 4.72 Å². The smallest absolute Gasteiger partial charge is 0.339 e. The maximum absolute atomic E-state index is 12.2. The summed E-state index contributed by atoms with van der Waals surface area (Å²) in [5.74, 6) is -0.127. The molecule has 0 aromatic carbocycles. The highest BCUT2D eigenvalue weighted by atomic mass is 32.2. The molecule has 1 aliphatic rings. The molecular weight excluding hydrogens is 296 g/mol. The van der Waals surface area contributed by atoms with E-state index in [1.165, 1.54) is 17.3 Å². The monoisotopic (exact) mass is 316 g/mol. The molecule has 0 radical (unpaired) electrons. The van der Waals surface area contributed by atoms with Crippen molar-refractivity contribution in [2.24, 2.45) is 5.92 Å². The average Bonchev–Trinajstić information content (AvgIpc) is 3.18.